The van der Waals surface area contributed by atoms with Gasteiger partial charge in [0.25, 0.3) is 0 Å². The normalized spacial score (nSPS) is 12.8. The average molecular weight is 272 g/mol. The van der Waals surface area contributed by atoms with Crippen molar-refractivity contribution >= 4 is 0 Å². The Bertz CT molecular complexity index is 154. The molecule has 0 radical (unpaired) electrons. The van der Waals surface area contributed by atoms with E-state index in [0.29, 0.717) is 0 Å². The summed E-state index contributed by atoms with van der Waals surface area (Å²) in [7, 11) is 0. The monoisotopic (exact) mass is 272 g/mol. The Hall–Kier alpha value is -0.0700. The van der Waals surface area contributed by atoms with E-state index in [1.54, 1.807) is 6.92 Å². The van der Waals surface area contributed by atoms with E-state index in [0.717, 1.165) is 12.8 Å². The van der Waals surface area contributed by atoms with Crippen LogP contribution in [0.4, 0.5) is 4.39 Å². The van der Waals surface area contributed by atoms with Crippen LogP contribution in [0.2, 0.25) is 0 Å². The standard InChI is InChI=1S/C18H37F/c1-3-4-5-6-7-8-9-10-11-12-13-14-15-16-17-18(2)19/h18H,3-17H2,1-2H3. The minimum Gasteiger partial charge on any atom is -0.248 e. The van der Waals surface area contributed by atoms with E-state index >= 15 is 0 Å². The molecule has 116 valence electrons. The van der Waals surface area contributed by atoms with Crippen molar-refractivity contribution in [1.82, 2.24) is 0 Å². The van der Waals surface area contributed by atoms with Crippen LogP contribution in [-0.2, 0) is 0 Å². The summed E-state index contributed by atoms with van der Waals surface area (Å²) in [5.41, 5.74) is 0. The molecular weight excluding hydrogens is 235 g/mol. The quantitative estimate of drug-likeness (QED) is 0.276. The zero-order chi connectivity index (χ0) is 14.2. The van der Waals surface area contributed by atoms with Crippen LogP contribution in [0.1, 0.15) is 110 Å². The Kier molecular flexibility index (Phi) is 15.9. The van der Waals surface area contributed by atoms with Crippen molar-refractivity contribution in [1.29, 1.82) is 0 Å². The van der Waals surface area contributed by atoms with Crippen molar-refractivity contribution in [3.05, 3.63) is 0 Å². The lowest BCUT2D eigenvalue weighted by Crippen LogP contribution is -1.91. The molecule has 0 nitrogen and oxygen atoms in total. The lowest BCUT2D eigenvalue weighted by atomic mass is 10.0. The second kappa shape index (κ2) is 16.0. The number of unbranched alkanes of at least 4 members (excludes halogenated alkanes) is 13. The summed E-state index contributed by atoms with van der Waals surface area (Å²) in [6.45, 7) is 3.94. The highest BCUT2D eigenvalue weighted by atomic mass is 19.1. The number of rotatable bonds is 15. The third kappa shape index (κ3) is 17.9. The molecule has 0 aliphatic carbocycles. The predicted octanol–water partition coefficient (Wildman–Crippen LogP) is 7.22. The minimum absolute atomic E-state index is 0.600. The largest absolute Gasteiger partial charge is 0.248 e. The summed E-state index contributed by atoms with van der Waals surface area (Å²) in [4.78, 5) is 0. The van der Waals surface area contributed by atoms with Crippen molar-refractivity contribution in [3.8, 4) is 0 Å². The molecule has 0 spiro atoms. The summed E-state index contributed by atoms with van der Waals surface area (Å²) in [6.07, 6.45) is 19.3. The molecule has 1 heteroatoms. The lowest BCUT2D eigenvalue weighted by Gasteiger charge is -2.03. The highest BCUT2D eigenvalue weighted by Gasteiger charge is 1.97. The summed E-state index contributed by atoms with van der Waals surface area (Å²) in [5, 5.41) is 0. The number of halogens is 1. The van der Waals surface area contributed by atoms with E-state index in [-0.39, 0.29) is 0 Å². The Morgan fingerprint density at radius 1 is 0.579 bits per heavy atom. The van der Waals surface area contributed by atoms with Crippen molar-refractivity contribution in [2.75, 3.05) is 0 Å². The van der Waals surface area contributed by atoms with Crippen molar-refractivity contribution in [2.45, 2.75) is 116 Å². The van der Waals surface area contributed by atoms with Gasteiger partial charge in [-0.2, -0.15) is 0 Å². The second-order valence-electron chi connectivity index (χ2n) is 6.17. The van der Waals surface area contributed by atoms with Gasteiger partial charge in [0, 0.05) is 0 Å². The smallest absolute Gasteiger partial charge is 0.0973 e. The fourth-order valence-electron chi connectivity index (χ4n) is 2.62. The van der Waals surface area contributed by atoms with E-state index in [9.17, 15) is 4.39 Å². The highest BCUT2D eigenvalue weighted by molar-refractivity contribution is 4.51. The third-order valence-electron chi connectivity index (χ3n) is 3.96. The van der Waals surface area contributed by atoms with Crippen LogP contribution in [-0.4, -0.2) is 6.17 Å². The van der Waals surface area contributed by atoms with Gasteiger partial charge in [-0.1, -0.05) is 96.8 Å². The molecule has 0 aromatic heterocycles. The maximum absolute atomic E-state index is 12.5. The van der Waals surface area contributed by atoms with Gasteiger partial charge in [0.1, 0.15) is 0 Å². The lowest BCUT2D eigenvalue weighted by molar-refractivity contribution is 0.329. The number of hydrogen-bond donors (Lipinski definition) is 0. The summed E-state index contributed by atoms with van der Waals surface area (Å²) >= 11 is 0. The average Bonchev–Trinajstić information content (AvgIpc) is 2.39. The first-order valence-corrected chi connectivity index (χ1v) is 8.91. The van der Waals surface area contributed by atoms with Crippen molar-refractivity contribution < 1.29 is 4.39 Å². The first-order valence-electron chi connectivity index (χ1n) is 8.91. The van der Waals surface area contributed by atoms with Crippen LogP contribution in [0.3, 0.4) is 0 Å². The molecule has 0 saturated heterocycles. The summed E-state index contributed by atoms with van der Waals surface area (Å²) in [6, 6.07) is 0. The second-order valence-corrected chi connectivity index (χ2v) is 6.17. The van der Waals surface area contributed by atoms with Crippen LogP contribution in [0.5, 0.6) is 0 Å². The SMILES string of the molecule is CCCCCCCCCCCCCCCCC(C)F. The van der Waals surface area contributed by atoms with Gasteiger partial charge in [0.15, 0.2) is 0 Å². The first kappa shape index (κ1) is 18.9. The molecule has 0 aliphatic rings. The zero-order valence-corrected chi connectivity index (χ0v) is 13.6. The van der Waals surface area contributed by atoms with E-state index in [4.69, 9.17) is 0 Å². The van der Waals surface area contributed by atoms with Crippen molar-refractivity contribution in [2.24, 2.45) is 0 Å². The molecule has 0 heterocycles. The molecule has 19 heavy (non-hydrogen) atoms. The molecule has 0 amide bonds. The molecule has 0 fully saturated rings. The van der Waals surface area contributed by atoms with E-state index in [1.807, 2.05) is 0 Å². The Morgan fingerprint density at radius 2 is 0.895 bits per heavy atom. The molecule has 0 bridgehead atoms. The molecule has 0 aromatic rings. The van der Waals surface area contributed by atoms with Gasteiger partial charge < -0.3 is 0 Å². The number of alkyl halides is 1. The van der Waals surface area contributed by atoms with Crippen LogP contribution < -0.4 is 0 Å². The van der Waals surface area contributed by atoms with Gasteiger partial charge in [-0.15, -0.1) is 0 Å². The van der Waals surface area contributed by atoms with Gasteiger partial charge in [-0.3, -0.25) is 0 Å². The topological polar surface area (TPSA) is 0 Å². The Morgan fingerprint density at radius 3 is 1.21 bits per heavy atom. The molecule has 0 rings (SSSR count). The maximum atomic E-state index is 12.5. The summed E-state index contributed by atoms with van der Waals surface area (Å²) in [5.74, 6) is 0. The molecule has 0 N–H and O–H groups in total. The van der Waals surface area contributed by atoms with Crippen LogP contribution in [0, 0.1) is 0 Å². The van der Waals surface area contributed by atoms with Gasteiger partial charge >= 0.3 is 0 Å². The van der Waals surface area contributed by atoms with E-state index in [2.05, 4.69) is 6.92 Å². The van der Waals surface area contributed by atoms with Gasteiger partial charge in [0.2, 0.25) is 0 Å². The zero-order valence-electron chi connectivity index (χ0n) is 13.6. The molecule has 0 aromatic carbocycles. The molecule has 0 saturated carbocycles. The predicted molar refractivity (Wildman–Crippen MR) is 85.5 cm³/mol. The fourth-order valence-corrected chi connectivity index (χ4v) is 2.62. The molecular formula is C18H37F. The van der Waals surface area contributed by atoms with E-state index < -0.39 is 6.17 Å². The van der Waals surface area contributed by atoms with Gasteiger partial charge in [-0.25, -0.2) is 4.39 Å². The molecule has 0 aliphatic heterocycles. The fraction of sp³-hybridized carbons (Fsp3) is 1.00. The van der Waals surface area contributed by atoms with E-state index in [1.165, 1.54) is 83.5 Å². The summed E-state index contributed by atoms with van der Waals surface area (Å²) < 4.78 is 12.5. The first-order chi connectivity index (χ1) is 9.27. The van der Waals surface area contributed by atoms with Gasteiger partial charge in [-0.05, 0) is 13.3 Å². The Balaban J connectivity index is 2.91. The molecule has 1 unspecified atom stereocenters. The van der Waals surface area contributed by atoms with Crippen LogP contribution >= 0.6 is 0 Å². The minimum atomic E-state index is -0.600. The third-order valence-corrected chi connectivity index (χ3v) is 3.96. The molecule has 1 atom stereocenters. The van der Waals surface area contributed by atoms with Gasteiger partial charge in [0.05, 0.1) is 6.17 Å². The van der Waals surface area contributed by atoms with Crippen molar-refractivity contribution in [3.63, 3.8) is 0 Å². The maximum Gasteiger partial charge on any atom is 0.0973 e. The highest BCUT2D eigenvalue weighted by Crippen LogP contribution is 2.13. The van der Waals surface area contributed by atoms with Crippen LogP contribution in [0.25, 0.3) is 0 Å². The Labute approximate surface area is 121 Å². The number of hydrogen-bond acceptors (Lipinski definition) is 0. The van der Waals surface area contributed by atoms with Crippen LogP contribution in [0.15, 0.2) is 0 Å².